The van der Waals surface area contributed by atoms with Gasteiger partial charge >= 0.3 is 0 Å². The summed E-state index contributed by atoms with van der Waals surface area (Å²) >= 11 is 5.85. The van der Waals surface area contributed by atoms with Crippen LogP contribution in [0.25, 0.3) is 0 Å². The van der Waals surface area contributed by atoms with Crippen molar-refractivity contribution >= 4 is 23.7 Å². The quantitative estimate of drug-likeness (QED) is 0.596. The van der Waals surface area contributed by atoms with E-state index in [0.717, 1.165) is 12.7 Å². The molecule has 1 fully saturated rings. The molecule has 0 spiro atoms. The second-order valence-electron chi connectivity index (χ2n) is 4.23. The van der Waals surface area contributed by atoms with E-state index in [1.54, 1.807) is 12.1 Å². The monoisotopic (exact) mass is 249 g/mol. The number of aromatic nitrogens is 1. The number of hydrogen-bond acceptors (Lipinski definition) is 4. The highest BCUT2D eigenvalue weighted by Crippen LogP contribution is 2.30. The number of hydrogen-bond donors (Lipinski definition) is 0. The molecule has 0 radical (unpaired) electrons. The predicted molar refractivity (Wildman–Crippen MR) is 65.2 cm³/mol. The van der Waals surface area contributed by atoms with Gasteiger partial charge in [-0.2, -0.15) is 5.26 Å². The molecule has 0 amide bonds. The highest BCUT2D eigenvalue weighted by atomic mass is 35.5. The smallest absolute Gasteiger partial charge is 0.153 e. The molecule has 88 valence electrons. The zero-order valence-electron chi connectivity index (χ0n) is 9.43. The molecule has 2 rings (SSSR count). The Morgan fingerprint density at radius 1 is 1.65 bits per heavy atom. The van der Waals surface area contributed by atoms with Crippen molar-refractivity contribution in [2.24, 2.45) is 5.92 Å². The molecule has 2 atom stereocenters. The predicted octanol–water partition coefficient (Wildman–Crippen LogP) is 2.29. The Balaban J connectivity index is 2.37. The first-order valence-electron chi connectivity index (χ1n) is 5.43. The number of nitriles is 1. The van der Waals surface area contributed by atoms with Gasteiger partial charge in [0, 0.05) is 12.6 Å². The largest absolute Gasteiger partial charge is 0.352 e. The average Bonchev–Trinajstić information content (AvgIpc) is 2.70. The molecular formula is C12H12ClN3O. The van der Waals surface area contributed by atoms with E-state index in [9.17, 15) is 4.79 Å². The van der Waals surface area contributed by atoms with Crippen LogP contribution in [0.3, 0.4) is 0 Å². The lowest BCUT2D eigenvalue weighted by Gasteiger charge is -2.23. The van der Waals surface area contributed by atoms with Crippen molar-refractivity contribution < 1.29 is 4.79 Å². The normalized spacial score (nSPS) is 23.5. The maximum absolute atomic E-state index is 11.0. The first-order valence-corrected chi connectivity index (χ1v) is 5.81. The molecule has 0 aliphatic carbocycles. The maximum atomic E-state index is 11.0. The van der Waals surface area contributed by atoms with Crippen LogP contribution in [0.2, 0.25) is 5.15 Å². The number of anilines is 1. The van der Waals surface area contributed by atoms with Crippen LogP contribution < -0.4 is 4.90 Å². The number of aldehydes is 1. The summed E-state index contributed by atoms with van der Waals surface area (Å²) in [5.41, 5.74) is 0.514. The van der Waals surface area contributed by atoms with E-state index in [-0.39, 0.29) is 12.0 Å². The minimum absolute atomic E-state index is 0.00900. The van der Waals surface area contributed by atoms with Gasteiger partial charge in [0.1, 0.15) is 11.0 Å². The van der Waals surface area contributed by atoms with E-state index >= 15 is 0 Å². The lowest BCUT2D eigenvalue weighted by Crippen LogP contribution is -2.28. The number of rotatable bonds is 2. The molecule has 0 saturated carbocycles. The summed E-state index contributed by atoms with van der Waals surface area (Å²) in [5.74, 6) is 0.572. The summed E-state index contributed by atoms with van der Waals surface area (Å²) in [6.07, 6.45) is 1.56. The van der Waals surface area contributed by atoms with Crippen molar-refractivity contribution in [3.8, 4) is 6.07 Å². The van der Waals surface area contributed by atoms with Gasteiger partial charge in [-0.1, -0.05) is 11.6 Å². The Morgan fingerprint density at radius 2 is 2.41 bits per heavy atom. The molecule has 0 aromatic carbocycles. The third-order valence-corrected chi connectivity index (χ3v) is 3.24. The SMILES string of the molecule is CC1CC(C#N)CN1c1nc(Cl)ccc1C=O. The number of carbonyl (C=O) groups is 1. The molecule has 4 nitrogen and oxygen atoms in total. The Labute approximate surface area is 105 Å². The third-order valence-electron chi connectivity index (χ3n) is 3.03. The summed E-state index contributed by atoms with van der Waals surface area (Å²) < 4.78 is 0. The highest BCUT2D eigenvalue weighted by molar-refractivity contribution is 6.29. The molecular weight excluding hydrogens is 238 g/mol. The van der Waals surface area contributed by atoms with Crippen molar-refractivity contribution in [3.05, 3.63) is 22.8 Å². The van der Waals surface area contributed by atoms with Gasteiger partial charge in [0.05, 0.1) is 17.6 Å². The van der Waals surface area contributed by atoms with Crippen LogP contribution in [0.4, 0.5) is 5.82 Å². The Bertz CT molecular complexity index is 483. The van der Waals surface area contributed by atoms with E-state index in [4.69, 9.17) is 16.9 Å². The lowest BCUT2D eigenvalue weighted by atomic mass is 10.1. The zero-order chi connectivity index (χ0) is 12.4. The molecule has 1 saturated heterocycles. The van der Waals surface area contributed by atoms with Crippen LogP contribution in [0, 0.1) is 17.2 Å². The van der Waals surface area contributed by atoms with E-state index in [1.165, 1.54) is 0 Å². The summed E-state index contributed by atoms with van der Waals surface area (Å²) in [4.78, 5) is 17.1. The van der Waals surface area contributed by atoms with E-state index in [2.05, 4.69) is 11.1 Å². The van der Waals surface area contributed by atoms with Gasteiger partial charge in [-0.25, -0.2) is 4.98 Å². The lowest BCUT2D eigenvalue weighted by molar-refractivity contribution is 0.112. The molecule has 0 N–H and O–H groups in total. The molecule has 5 heteroatoms. The molecule has 2 heterocycles. The van der Waals surface area contributed by atoms with Gasteiger partial charge < -0.3 is 4.90 Å². The van der Waals surface area contributed by atoms with Gasteiger partial charge in [-0.15, -0.1) is 0 Å². The van der Waals surface area contributed by atoms with Crippen LogP contribution in [0.1, 0.15) is 23.7 Å². The van der Waals surface area contributed by atoms with Crippen LogP contribution in [-0.2, 0) is 0 Å². The maximum Gasteiger partial charge on any atom is 0.153 e. The molecule has 17 heavy (non-hydrogen) atoms. The first-order chi connectivity index (χ1) is 8.15. The molecule has 1 aromatic heterocycles. The van der Waals surface area contributed by atoms with E-state index in [1.807, 2.05) is 11.8 Å². The van der Waals surface area contributed by atoms with Gasteiger partial charge in [0.25, 0.3) is 0 Å². The van der Waals surface area contributed by atoms with Crippen molar-refractivity contribution in [3.63, 3.8) is 0 Å². The number of nitrogens with zero attached hydrogens (tertiary/aromatic N) is 3. The van der Waals surface area contributed by atoms with Gasteiger partial charge in [0.2, 0.25) is 0 Å². The van der Waals surface area contributed by atoms with Crippen molar-refractivity contribution in [1.82, 2.24) is 4.98 Å². The minimum Gasteiger partial charge on any atom is -0.352 e. The summed E-state index contributed by atoms with van der Waals surface area (Å²) in [7, 11) is 0. The Morgan fingerprint density at radius 3 is 3.00 bits per heavy atom. The van der Waals surface area contributed by atoms with E-state index in [0.29, 0.717) is 23.1 Å². The van der Waals surface area contributed by atoms with Crippen molar-refractivity contribution in [2.45, 2.75) is 19.4 Å². The summed E-state index contributed by atoms with van der Waals surface area (Å²) in [6, 6.07) is 5.71. The second-order valence-corrected chi connectivity index (χ2v) is 4.62. The van der Waals surface area contributed by atoms with Crippen molar-refractivity contribution in [1.29, 1.82) is 5.26 Å². The van der Waals surface area contributed by atoms with Crippen LogP contribution >= 0.6 is 11.6 Å². The Kier molecular flexibility index (Phi) is 3.30. The standard InChI is InChI=1S/C12H12ClN3O/c1-8-4-9(5-14)6-16(8)12-10(7-17)2-3-11(13)15-12/h2-3,7-9H,4,6H2,1H3. The number of pyridine rings is 1. The zero-order valence-corrected chi connectivity index (χ0v) is 10.2. The first kappa shape index (κ1) is 11.9. The van der Waals surface area contributed by atoms with Gasteiger partial charge in [0.15, 0.2) is 6.29 Å². The fourth-order valence-corrected chi connectivity index (χ4v) is 2.32. The molecule has 2 unspecified atom stereocenters. The summed E-state index contributed by atoms with van der Waals surface area (Å²) in [6.45, 7) is 2.63. The highest BCUT2D eigenvalue weighted by Gasteiger charge is 2.31. The Hall–Kier alpha value is -1.60. The fraction of sp³-hybridized carbons (Fsp3) is 0.417. The number of halogens is 1. The minimum atomic E-state index is -0.00900. The number of carbonyl (C=O) groups excluding carboxylic acids is 1. The molecule has 1 aliphatic rings. The van der Waals surface area contributed by atoms with Gasteiger partial charge in [-0.3, -0.25) is 4.79 Å². The third kappa shape index (κ3) is 2.25. The topological polar surface area (TPSA) is 57.0 Å². The fourth-order valence-electron chi connectivity index (χ4n) is 2.18. The van der Waals surface area contributed by atoms with Crippen molar-refractivity contribution in [2.75, 3.05) is 11.4 Å². The molecule has 0 bridgehead atoms. The van der Waals surface area contributed by atoms with Crippen LogP contribution in [0.15, 0.2) is 12.1 Å². The van der Waals surface area contributed by atoms with E-state index < -0.39 is 0 Å². The van der Waals surface area contributed by atoms with Gasteiger partial charge in [-0.05, 0) is 25.5 Å². The average molecular weight is 250 g/mol. The molecule has 1 aliphatic heterocycles. The molecule has 1 aromatic rings. The van der Waals surface area contributed by atoms with Crippen LogP contribution in [-0.4, -0.2) is 23.9 Å². The van der Waals surface area contributed by atoms with Crippen LogP contribution in [0.5, 0.6) is 0 Å². The second kappa shape index (κ2) is 4.72. The summed E-state index contributed by atoms with van der Waals surface area (Å²) in [5, 5.41) is 9.30.